The Morgan fingerprint density at radius 2 is 1.76 bits per heavy atom. The molecule has 21 heavy (non-hydrogen) atoms. The molecule has 0 amide bonds. The average molecular weight is 407 g/mol. The fraction of sp³-hybridized carbons (Fsp3) is 0.600. The first-order chi connectivity index (χ1) is 9.66. The smallest absolute Gasteiger partial charge is 0.161 e. The van der Waals surface area contributed by atoms with E-state index in [-0.39, 0.29) is 24.0 Å². The molecule has 1 unspecified atom stereocenters. The molecule has 1 saturated heterocycles. The second-order valence-electron chi connectivity index (χ2n) is 5.78. The van der Waals surface area contributed by atoms with Gasteiger partial charge in [0.2, 0.25) is 0 Å². The number of nitrogens with zero attached hydrogens (tertiary/aromatic N) is 1. The minimum Gasteiger partial charge on any atom is -1.00 e. The number of hydrogen-bond acceptors (Lipinski definition) is 4. The van der Waals surface area contributed by atoms with Crippen molar-refractivity contribution in [3.63, 3.8) is 0 Å². The number of halogens is 1. The molecule has 0 aliphatic carbocycles. The number of likely N-dealkylation sites (N-methyl/N-ethyl adjacent to an activating group) is 1. The number of quaternary nitrogens is 1. The highest BCUT2D eigenvalue weighted by molar-refractivity contribution is 5.44. The molecule has 3 rings (SSSR count). The van der Waals surface area contributed by atoms with E-state index in [2.05, 4.69) is 7.05 Å². The van der Waals surface area contributed by atoms with E-state index in [1.54, 1.807) is 0 Å². The van der Waals surface area contributed by atoms with Crippen LogP contribution in [0.5, 0.6) is 11.5 Å². The van der Waals surface area contributed by atoms with Gasteiger partial charge in [0.1, 0.15) is 39.0 Å². The van der Waals surface area contributed by atoms with Crippen LogP contribution in [0.1, 0.15) is 11.7 Å². The summed E-state index contributed by atoms with van der Waals surface area (Å²) in [4.78, 5) is 0. The van der Waals surface area contributed by atoms with Crippen molar-refractivity contribution in [2.45, 2.75) is 6.10 Å². The molecule has 1 N–H and O–H groups in total. The molecule has 5 nitrogen and oxygen atoms in total. The molecule has 2 aliphatic rings. The molecular formula is C15H22INO4. The first-order valence-corrected chi connectivity index (χ1v) is 7.15. The summed E-state index contributed by atoms with van der Waals surface area (Å²) in [7, 11) is 2.17. The number of ether oxygens (including phenoxy) is 3. The molecular weight excluding hydrogens is 385 g/mol. The van der Waals surface area contributed by atoms with Crippen LogP contribution in [0, 0.1) is 0 Å². The van der Waals surface area contributed by atoms with E-state index < -0.39 is 6.10 Å². The van der Waals surface area contributed by atoms with Gasteiger partial charge in [-0.05, 0) is 17.7 Å². The summed E-state index contributed by atoms with van der Waals surface area (Å²) in [6.07, 6.45) is -0.492. The van der Waals surface area contributed by atoms with Crippen molar-refractivity contribution >= 4 is 0 Å². The van der Waals surface area contributed by atoms with E-state index in [1.807, 2.05) is 18.2 Å². The van der Waals surface area contributed by atoms with Crippen LogP contribution in [-0.4, -0.2) is 62.7 Å². The van der Waals surface area contributed by atoms with Crippen molar-refractivity contribution in [3.8, 4) is 11.5 Å². The monoisotopic (exact) mass is 407 g/mol. The summed E-state index contributed by atoms with van der Waals surface area (Å²) in [6, 6.07) is 5.70. The van der Waals surface area contributed by atoms with Gasteiger partial charge in [0.15, 0.2) is 11.5 Å². The van der Waals surface area contributed by atoms with Gasteiger partial charge < -0.3 is 47.8 Å². The third-order valence-electron chi connectivity index (χ3n) is 4.12. The zero-order valence-corrected chi connectivity index (χ0v) is 14.4. The second-order valence-corrected chi connectivity index (χ2v) is 5.78. The quantitative estimate of drug-likeness (QED) is 0.464. The SMILES string of the molecule is C[N+]1(CC(O)c2ccc3c(c2)OCCO3)CCOCC1.[I-]. The van der Waals surface area contributed by atoms with E-state index in [4.69, 9.17) is 14.2 Å². The second kappa shape index (κ2) is 7.13. The summed E-state index contributed by atoms with van der Waals surface area (Å²) in [5, 5.41) is 10.5. The Morgan fingerprint density at radius 3 is 2.48 bits per heavy atom. The van der Waals surface area contributed by atoms with E-state index in [1.165, 1.54) is 0 Å². The topological polar surface area (TPSA) is 47.9 Å². The summed E-state index contributed by atoms with van der Waals surface area (Å²) < 4.78 is 17.3. The molecule has 0 aromatic heterocycles. The average Bonchev–Trinajstić information content (AvgIpc) is 2.47. The zero-order valence-electron chi connectivity index (χ0n) is 12.3. The molecule has 2 aliphatic heterocycles. The number of fused-ring (bicyclic) bond motifs is 1. The van der Waals surface area contributed by atoms with Crippen LogP contribution in [0.3, 0.4) is 0 Å². The Bertz CT molecular complexity index is 477. The molecule has 118 valence electrons. The van der Waals surface area contributed by atoms with E-state index in [0.29, 0.717) is 19.8 Å². The predicted octanol–water partition coefficient (Wildman–Crippen LogP) is -2.03. The Hall–Kier alpha value is -0.570. The molecule has 0 bridgehead atoms. The van der Waals surface area contributed by atoms with Crippen LogP contribution >= 0.6 is 0 Å². The van der Waals surface area contributed by atoms with Crippen LogP contribution in [0.4, 0.5) is 0 Å². The molecule has 0 radical (unpaired) electrons. The predicted molar refractivity (Wildman–Crippen MR) is 74.0 cm³/mol. The molecule has 0 saturated carbocycles. The van der Waals surface area contributed by atoms with Gasteiger partial charge in [-0.25, -0.2) is 0 Å². The van der Waals surface area contributed by atoms with Gasteiger partial charge in [-0.15, -0.1) is 0 Å². The maximum Gasteiger partial charge on any atom is 0.161 e. The summed E-state index contributed by atoms with van der Waals surface area (Å²) in [6.45, 7) is 5.28. The fourth-order valence-corrected chi connectivity index (χ4v) is 2.76. The Morgan fingerprint density at radius 1 is 1.10 bits per heavy atom. The van der Waals surface area contributed by atoms with Crippen LogP contribution in [0.25, 0.3) is 0 Å². The molecule has 2 heterocycles. The summed E-state index contributed by atoms with van der Waals surface area (Å²) in [5.74, 6) is 1.50. The first-order valence-electron chi connectivity index (χ1n) is 7.15. The number of aliphatic hydroxyl groups is 1. The van der Waals surface area contributed by atoms with Crippen molar-refractivity contribution in [1.29, 1.82) is 0 Å². The molecule has 1 aromatic rings. The van der Waals surface area contributed by atoms with Gasteiger partial charge in [-0.3, -0.25) is 0 Å². The van der Waals surface area contributed by atoms with Crippen molar-refractivity contribution in [2.24, 2.45) is 0 Å². The molecule has 0 spiro atoms. The van der Waals surface area contributed by atoms with E-state index in [0.717, 1.165) is 47.8 Å². The first kappa shape index (κ1) is 16.8. The number of hydrogen-bond donors (Lipinski definition) is 1. The Balaban J connectivity index is 0.00000161. The third-order valence-corrected chi connectivity index (χ3v) is 4.12. The number of morpholine rings is 1. The molecule has 6 heteroatoms. The largest absolute Gasteiger partial charge is 1.00 e. The minimum atomic E-state index is -0.492. The number of benzene rings is 1. The highest BCUT2D eigenvalue weighted by Gasteiger charge is 2.29. The van der Waals surface area contributed by atoms with Crippen molar-refractivity contribution in [2.75, 3.05) is 53.1 Å². The maximum absolute atomic E-state index is 10.5. The van der Waals surface area contributed by atoms with Crippen LogP contribution in [0.15, 0.2) is 18.2 Å². The van der Waals surface area contributed by atoms with Gasteiger partial charge in [0.25, 0.3) is 0 Å². The molecule has 1 fully saturated rings. The number of rotatable bonds is 3. The normalized spacial score (nSPS) is 21.2. The lowest BCUT2D eigenvalue weighted by molar-refractivity contribution is -0.920. The highest BCUT2D eigenvalue weighted by Crippen LogP contribution is 2.33. The van der Waals surface area contributed by atoms with Crippen LogP contribution in [-0.2, 0) is 4.74 Å². The van der Waals surface area contributed by atoms with Gasteiger partial charge in [-0.1, -0.05) is 6.07 Å². The lowest BCUT2D eigenvalue weighted by Gasteiger charge is -2.39. The number of aliphatic hydroxyl groups excluding tert-OH is 1. The zero-order chi connectivity index (χ0) is 14.0. The van der Waals surface area contributed by atoms with Crippen molar-refractivity contribution in [3.05, 3.63) is 23.8 Å². The van der Waals surface area contributed by atoms with Gasteiger partial charge in [0, 0.05) is 0 Å². The lowest BCUT2D eigenvalue weighted by atomic mass is 10.1. The fourth-order valence-electron chi connectivity index (χ4n) is 2.76. The Labute approximate surface area is 142 Å². The third kappa shape index (κ3) is 4.00. The minimum absolute atomic E-state index is 0. The molecule has 1 atom stereocenters. The van der Waals surface area contributed by atoms with Gasteiger partial charge in [0.05, 0.1) is 20.3 Å². The van der Waals surface area contributed by atoms with Gasteiger partial charge in [-0.2, -0.15) is 0 Å². The standard InChI is InChI=1S/C15H22NO4.HI/c1-16(4-6-18-7-5-16)11-13(17)12-2-3-14-15(10-12)20-9-8-19-14;/h2-3,10,13,17H,4-9,11H2,1H3;1H/q+1;/p-1. The van der Waals surface area contributed by atoms with Gasteiger partial charge >= 0.3 is 0 Å². The Kier molecular flexibility index (Phi) is 5.70. The van der Waals surface area contributed by atoms with Crippen LogP contribution in [0.2, 0.25) is 0 Å². The lowest BCUT2D eigenvalue weighted by Crippen LogP contribution is -3.00. The summed E-state index contributed by atoms with van der Waals surface area (Å²) in [5.41, 5.74) is 0.889. The van der Waals surface area contributed by atoms with Crippen molar-refractivity contribution in [1.82, 2.24) is 0 Å². The van der Waals surface area contributed by atoms with Crippen LogP contribution < -0.4 is 33.5 Å². The molecule has 1 aromatic carbocycles. The maximum atomic E-state index is 10.5. The summed E-state index contributed by atoms with van der Waals surface area (Å²) >= 11 is 0. The van der Waals surface area contributed by atoms with Crippen molar-refractivity contribution < 1.29 is 47.8 Å². The van der Waals surface area contributed by atoms with E-state index in [9.17, 15) is 5.11 Å². The van der Waals surface area contributed by atoms with E-state index >= 15 is 0 Å². The highest BCUT2D eigenvalue weighted by atomic mass is 127.